The Bertz CT molecular complexity index is 684. The minimum atomic E-state index is -0.172. The van der Waals surface area contributed by atoms with Crippen LogP contribution in [-0.4, -0.2) is 49.4 Å². The quantitative estimate of drug-likeness (QED) is 0.853. The van der Waals surface area contributed by atoms with Crippen molar-refractivity contribution in [1.29, 1.82) is 0 Å². The van der Waals surface area contributed by atoms with Crippen molar-refractivity contribution in [2.45, 2.75) is 18.8 Å². The zero-order valence-corrected chi connectivity index (χ0v) is 13.2. The molecule has 0 radical (unpaired) electrons. The normalized spacial score (nSPS) is 15.7. The van der Waals surface area contributed by atoms with Crippen LogP contribution in [0.15, 0.2) is 24.5 Å². The number of rotatable bonds is 5. The summed E-state index contributed by atoms with van der Waals surface area (Å²) >= 11 is 0. The van der Waals surface area contributed by atoms with E-state index < -0.39 is 0 Å². The van der Waals surface area contributed by atoms with Gasteiger partial charge in [0.2, 0.25) is 0 Å². The Morgan fingerprint density at radius 2 is 2.26 bits per heavy atom. The molecule has 1 N–H and O–H groups in total. The lowest BCUT2D eigenvalue weighted by Gasteiger charge is -2.24. The van der Waals surface area contributed by atoms with Gasteiger partial charge < -0.3 is 14.8 Å². The second-order valence-corrected chi connectivity index (χ2v) is 5.62. The third-order valence-corrected chi connectivity index (χ3v) is 4.13. The van der Waals surface area contributed by atoms with E-state index in [4.69, 9.17) is 9.47 Å². The fraction of sp³-hybridized carbons (Fsp3) is 0.471. The molecule has 3 rings (SSSR count). The summed E-state index contributed by atoms with van der Waals surface area (Å²) in [4.78, 5) is 21.0. The van der Waals surface area contributed by atoms with Crippen molar-refractivity contribution >= 4 is 16.8 Å². The van der Waals surface area contributed by atoms with E-state index in [1.807, 2.05) is 18.3 Å². The van der Waals surface area contributed by atoms with E-state index in [0.717, 1.165) is 42.5 Å². The molecule has 122 valence electrons. The average Bonchev–Trinajstić information content (AvgIpc) is 2.61. The first-order valence-electron chi connectivity index (χ1n) is 7.89. The molecule has 23 heavy (non-hydrogen) atoms. The van der Waals surface area contributed by atoms with Gasteiger partial charge in [0, 0.05) is 44.6 Å². The average molecular weight is 315 g/mol. The van der Waals surface area contributed by atoms with Crippen molar-refractivity contribution < 1.29 is 14.3 Å². The molecular formula is C17H21N3O3. The molecule has 2 aromatic heterocycles. The Labute approximate surface area is 135 Å². The molecular weight excluding hydrogens is 294 g/mol. The number of carbonyl (C=O) groups excluding carboxylic acids is 1. The standard InChI is InChI=1S/C17H21N3O3/c1-22-9-6-19-17(21)16-10-13(12-3-7-23-8-4-12)14-11-18-5-2-15(14)20-16/h2,5,10-12H,3-4,6-9H2,1H3,(H,19,21). The van der Waals surface area contributed by atoms with Gasteiger partial charge >= 0.3 is 0 Å². The predicted molar refractivity (Wildman–Crippen MR) is 86.5 cm³/mol. The van der Waals surface area contributed by atoms with Gasteiger partial charge in [0.1, 0.15) is 5.69 Å². The summed E-state index contributed by atoms with van der Waals surface area (Å²) < 4.78 is 10.4. The summed E-state index contributed by atoms with van der Waals surface area (Å²) in [5.74, 6) is 0.207. The minimum Gasteiger partial charge on any atom is -0.383 e. The minimum absolute atomic E-state index is 0.172. The summed E-state index contributed by atoms with van der Waals surface area (Å²) in [6.45, 7) is 2.46. The lowest BCUT2D eigenvalue weighted by Crippen LogP contribution is -2.28. The van der Waals surface area contributed by atoms with Gasteiger partial charge in [0.05, 0.1) is 12.1 Å². The van der Waals surface area contributed by atoms with E-state index in [0.29, 0.717) is 24.8 Å². The summed E-state index contributed by atoms with van der Waals surface area (Å²) in [6.07, 6.45) is 5.45. The Morgan fingerprint density at radius 3 is 3.04 bits per heavy atom. The second kappa shape index (κ2) is 7.48. The first-order valence-corrected chi connectivity index (χ1v) is 7.89. The number of hydrogen-bond donors (Lipinski definition) is 1. The van der Waals surface area contributed by atoms with Crippen LogP contribution in [0.3, 0.4) is 0 Å². The first-order chi connectivity index (χ1) is 11.3. The van der Waals surface area contributed by atoms with E-state index in [1.54, 1.807) is 13.3 Å². The van der Waals surface area contributed by atoms with E-state index in [1.165, 1.54) is 0 Å². The summed E-state index contributed by atoms with van der Waals surface area (Å²) in [7, 11) is 1.61. The summed E-state index contributed by atoms with van der Waals surface area (Å²) in [5, 5.41) is 3.85. The van der Waals surface area contributed by atoms with Crippen molar-refractivity contribution in [1.82, 2.24) is 15.3 Å². The van der Waals surface area contributed by atoms with Gasteiger partial charge in [-0.1, -0.05) is 0 Å². The van der Waals surface area contributed by atoms with E-state index in [2.05, 4.69) is 15.3 Å². The Kier molecular flexibility index (Phi) is 5.15. The number of amides is 1. The summed E-state index contributed by atoms with van der Waals surface area (Å²) in [5.41, 5.74) is 2.39. The van der Waals surface area contributed by atoms with Crippen LogP contribution in [0, 0.1) is 0 Å². The van der Waals surface area contributed by atoms with Crippen LogP contribution in [-0.2, 0) is 9.47 Å². The monoisotopic (exact) mass is 315 g/mol. The van der Waals surface area contributed by atoms with Crippen molar-refractivity contribution in [2.24, 2.45) is 0 Å². The van der Waals surface area contributed by atoms with Crippen LogP contribution < -0.4 is 5.32 Å². The Morgan fingerprint density at radius 1 is 1.43 bits per heavy atom. The first kappa shape index (κ1) is 15.8. The number of methoxy groups -OCH3 is 1. The number of carbonyl (C=O) groups is 1. The van der Waals surface area contributed by atoms with Gasteiger partial charge in [-0.05, 0) is 36.5 Å². The zero-order chi connectivity index (χ0) is 16.1. The smallest absolute Gasteiger partial charge is 0.269 e. The van der Waals surface area contributed by atoms with Crippen LogP contribution >= 0.6 is 0 Å². The molecule has 0 atom stereocenters. The number of pyridine rings is 2. The van der Waals surface area contributed by atoms with Crippen molar-refractivity contribution in [3.63, 3.8) is 0 Å². The van der Waals surface area contributed by atoms with E-state index in [-0.39, 0.29) is 5.91 Å². The molecule has 6 nitrogen and oxygen atoms in total. The van der Waals surface area contributed by atoms with Crippen molar-refractivity contribution in [2.75, 3.05) is 33.5 Å². The second-order valence-electron chi connectivity index (χ2n) is 5.62. The Hall–Kier alpha value is -2.05. The molecule has 0 aliphatic carbocycles. The van der Waals surface area contributed by atoms with Crippen LogP contribution in [0.2, 0.25) is 0 Å². The molecule has 1 fully saturated rings. The van der Waals surface area contributed by atoms with Gasteiger partial charge in [-0.25, -0.2) is 4.98 Å². The maximum atomic E-state index is 12.3. The summed E-state index contributed by atoms with van der Waals surface area (Å²) in [6, 6.07) is 3.76. The number of ether oxygens (including phenoxy) is 2. The van der Waals surface area contributed by atoms with E-state index in [9.17, 15) is 4.79 Å². The third kappa shape index (κ3) is 3.65. The molecule has 0 unspecified atom stereocenters. The highest BCUT2D eigenvalue weighted by Crippen LogP contribution is 2.32. The lowest BCUT2D eigenvalue weighted by molar-refractivity contribution is 0.0855. The molecule has 0 aromatic carbocycles. The topological polar surface area (TPSA) is 73.3 Å². The van der Waals surface area contributed by atoms with Crippen molar-refractivity contribution in [3.8, 4) is 0 Å². The number of hydrogen-bond acceptors (Lipinski definition) is 5. The molecule has 0 saturated carbocycles. The van der Waals surface area contributed by atoms with Gasteiger partial charge in [-0.15, -0.1) is 0 Å². The fourth-order valence-electron chi connectivity index (χ4n) is 2.91. The number of nitrogens with one attached hydrogen (secondary N) is 1. The predicted octanol–water partition coefficient (Wildman–Crippen LogP) is 1.90. The molecule has 1 aliphatic rings. The highest BCUT2D eigenvalue weighted by Gasteiger charge is 2.21. The van der Waals surface area contributed by atoms with Crippen LogP contribution in [0.5, 0.6) is 0 Å². The lowest BCUT2D eigenvalue weighted by atomic mass is 9.89. The largest absolute Gasteiger partial charge is 0.383 e. The van der Waals surface area contributed by atoms with Crippen LogP contribution in [0.4, 0.5) is 0 Å². The zero-order valence-electron chi connectivity index (χ0n) is 13.2. The number of aromatic nitrogens is 2. The Balaban J connectivity index is 1.94. The number of fused-ring (bicyclic) bond motifs is 1. The third-order valence-electron chi connectivity index (χ3n) is 4.13. The highest BCUT2D eigenvalue weighted by molar-refractivity contribution is 5.95. The van der Waals surface area contributed by atoms with Crippen LogP contribution in [0.1, 0.15) is 34.8 Å². The highest BCUT2D eigenvalue weighted by atomic mass is 16.5. The number of nitrogens with zero attached hydrogens (tertiary/aromatic N) is 2. The van der Waals surface area contributed by atoms with Gasteiger partial charge in [-0.2, -0.15) is 0 Å². The fourth-order valence-corrected chi connectivity index (χ4v) is 2.91. The molecule has 2 aromatic rings. The molecule has 6 heteroatoms. The molecule has 0 bridgehead atoms. The molecule has 1 aliphatic heterocycles. The van der Waals surface area contributed by atoms with Crippen molar-refractivity contribution in [3.05, 3.63) is 35.8 Å². The van der Waals surface area contributed by atoms with Gasteiger partial charge in [0.25, 0.3) is 5.91 Å². The molecule has 1 amide bonds. The SMILES string of the molecule is COCCNC(=O)c1cc(C2CCOCC2)c2cnccc2n1. The molecule has 3 heterocycles. The van der Waals surface area contributed by atoms with E-state index >= 15 is 0 Å². The molecule has 0 spiro atoms. The maximum absolute atomic E-state index is 12.3. The molecule has 1 saturated heterocycles. The van der Waals surface area contributed by atoms with Crippen LogP contribution in [0.25, 0.3) is 10.9 Å². The van der Waals surface area contributed by atoms with Gasteiger partial charge in [-0.3, -0.25) is 9.78 Å². The maximum Gasteiger partial charge on any atom is 0.269 e. The van der Waals surface area contributed by atoms with Gasteiger partial charge in [0.15, 0.2) is 0 Å².